The van der Waals surface area contributed by atoms with Gasteiger partial charge in [-0.1, -0.05) is 18.2 Å². The molecule has 0 saturated carbocycles. The molecule has 0 bridgehead atoms. The summed E-state index contributed by atoms with van der Waals surface area (Å²) in [4.78, 5) is 25.9. The Labute approximate surface area is 193 Å². The molecule has 4 heterocycles. The Kier molecular flexibility index (Phi) is 5.69. The lowest BCUT2D eigenvalue weighted by molar-refractivity contribution is -0.137. The van der Waals surface area contributed by atoms with Gasteiger partial charge >= 0.3 is 6.18 Å². The van der Waals surface area contributed by atoms with Gasteiger partial charge in [-0.25, -0.2) is 9.97 Å². The fourth-order valence-electron chi connectivity index (χ4n) is 4.16. The number of benzene rings is 1. The zero-order chi connectivity index (χ0) is 23.7. The number of anilines is 1. The molecule has 3 aromatic heterocycles. The minimum absolute atomic E-state index is 0.117. The maximum atomic E-state index is 13.6. The summed E-state index contributed by atoms with van der Waals surface area (Å²) in [5, 5.41) is 0.758. The van der Waals surface area contributed by atoms with Crippen LogP contribution in [0.4, 0.5) is 19.0 Å². The van der Waals surface area contributed by atoms with E-state index in [0.717, 1.165) is 17.6 Å². The summed E-state index contributed by atoms with van der Waals surface area (Å²) in [7, 11) is 0. The predicted molar refractivity (Wildman–Crippen MR) is 121 cm³/mol. The third-order valence-electron chi connectivity index (χ3n) is 5.90. The summed E-state index contributed by atoms with van der Waals surface area (Å²) in [6.07, 6.45) is -1.34. The molecule has 1 fully saturated rings. The molecule has 0 spiro atoms. The van der Waals surface area contributed by atoms with E-state index in [1.54, 1.807) is 29.4 Å². The van der Waals surface area contributed by atoms with E-state index in [-0.39, 0.29) is 5.91 Å². The van der Waals surface area contributed by atoms with Gasteiger partial charge in [-0.2, -0.15) is 13.2 Å². The van der Waals surface area contributed by atoms with Gasteiger partial charge in [0.15, 0.2) is 5.76 Å². The highest BCUT2D eigenvalue weighted by Gasteiger charge is 2.31. The zero-order valence-corrected chi connectivity index (χ0v) is 18.1. The van der Waals surface area contributed by atoms with Crippen LogP contribution in [0.5, 0.6) is 0 Å². The molecule has 1 saturated heterocycles. The SMILES string of the molecule is O=C(c1cc(-c2ccco2)nc2ccccc12)N1CCCN(c2ccc(C(F)(F)F)cn2)CC1. The molecule has 0 atom stereocenters. The lowest BCUT2D eigenvalue weighted by Gasteiger charge is -2.23. The standard InChI is InChI=1S/C25H21F3N4O2/c26-25(27,28)17-8-9-23(29-16-17)31-10-4-11-32(13-12-31)24(33)19-15-21(22-7-3-14-34-22)30-20-6-2-1-5-18(19)20/h1-3,5-9,14-16H,4,10-13H2. The van der Waals surface area contributed by atoms with Crippen LogP contribution in [-0.4, -0.2) is 47.0 Å². The second-order valence-electron chi connectivity index (χ2n) is 8.09. The largest absolute Gasteiger partial charge is 0.463 e. The summed E-state index contributed by atoms with van der Waals surface area (Å²) >= 11 is 0. The van der Waals surface area contributed by atoms with Crippen molar-refractivity contribution in [1.29, 1.82) is 0 Å². The van der Waals surface area contributed by atoms with Gasteiger partial charge in [-0.05, 0) is 42.8 Å². The molecule has 1 aliphatic heterocycles. The van der Waals surface area contributed by atoms with Crippen LogP contribution in [-0.2, 0) is 6.18 Å². The number of carbonyl (C=O) groups excluding carboxylic acids is 1. The van der Waals surface area contributed by atoms with Gasteiger partial charge in [-0.3, -0.25) is 4.79 Å². The molecule has 1 aromatic carbocycles. The molecular formula is C25H21F3N4O2. The van der Waals surface area contributed by atoms with Gasteiger partial charge in [0.25, 0.3) is 5.91 Å². The van der Waals surface area contributed by atoms with Gasteiger partial charge in [-0.15, -0.1) is 0 Å². The second-order valence-corrected chi connectivity index (χ2v) is 8.09. The molecule has 4 aromatic rings. The molecule has 5 rings (SSSR count). The molecule has 0 radical (unpaired) electrons. The maximum absolute atomic E-state index is 13.6. The van der Waals surface area contributed by atoms with Gasteiger partial charge in [0.2, 0.25) is 0 Å². The van der Waals surface area contributed by atoms with Crippen molar-refractivity contribution in [2.45, 2.75) is 12.6 Å². The highest BCUT2D eigenvalue weighted by Crippen LogP contribution is 2.30. The van der Waals surface area contributed by atoms with Crippen molar-refractivity contribution in [1.82, 2.24) is 14.9 Å². The van der Waals surface area contributed by atoms with Crippen LogP contribution >= 0.6 is 0 Å². The smallest absolute Gasteiger partial charge is 0.417 e. The minimum atomic E-state index is -4.42. The van der Waals surface area contributed by atoms with Gasteiger partial charge < -0.3 is 14.2 Å². The minimum Gasteiger partial charge on any atom is -0.463 e. The van der Waals surface area contributed by atoms with E-state index in [2.05, 4.69) is 9.97 Å². The molecule has 6 nitrogen and oxygen atoms in total. The van der Waals surface area contributed by atoms with E-state index in [9.17, 15) is 18.0 Å². The highest BCUT2D eigenvalue weighted by atomic mass is 19.4. The Morgan fingerprint density at radius 3 is 2.56 bits per heavy atom. The quantitative estimate of drug-likeness (QED) is 0.412. The number of amides is 1. The number of fused-ring (bicyclic) bond motifs is 1. The Morgan fingerprint density at radius 1 is 0.971 bits per heavy atom. The summed E-state index contributed by atoms with van der Waals surface area (Å²) in [5.41, 5.74) is 1.04. The fourth-order valence-corrected chi connectivity index (χ4v) is 4.16. The summed E-state index contributed by atoms with van der Waals surface area (Å²) in [6.45, 7) is 2.02. The average molecular weight is 466 g/mol. The van der Waals surface area contributed by atoms with Crippen LogP contribution in [0.2, 0.25) is 0 Å². The van der Waals surface area contributed by atoms with Gasteiger partial charge in [0.05, 0.1) is 22.9 Å². The first-order valence-corrected chi connectivity index (χ1v) is 10.9. The summed E-state index contributed by atoms with van der Waals surface area (Å²) in [6, 6.07) is 15.2. The molecule has 0 aliphatic carbocycles. The molecule has 0 unspecified atom stereocenters. The van der Waals surface area contributed by atoms with Gasteiger partial charge in [0, 0.05) is 37.8 Å². The number of rotatable bonds is 3. The van der Waals surface area contributed by atoms with Crippen LogP contribution in [0.1, 0.15) is 22.3 Å². The molecular weight excluding hydrogens is 445 g/mol. The van der Waals surface area contributed by atoms with Gasteiger partial charge in [0.1, 0.15) is 11.5 Å². The number of halogens is 3. The number of nitrogens with zero attached hydrogens (tertiary/aromatic N) is 4. The van der Waals surface area contributed by atoms with Crippen LogP contribution in [0.3, 0.4) is 0 Å². The number of carbonyl (C=O) groups is 1. The third-order valence-corrected chi connectivity index (χ3v) is 5.90. The van der Waals surface area contributed by atoms with E-state index >= 15 is 0 Å². The van der Waals surface area contributed by atoms with E-state index < -0.39 is 11.7 Å². The van der Waals surface area contributed by atoms with Crippen LogP contribution in [0, 0.1) is 0 Å². The maximum Gasteiger partial charge on any atom is 0.417 e. The number of para-hydroxylation sites is 1. The Balaban J connectivity index is 1.39. The van der Waals surface area contributed by atoms with Crippen molar-refractivity contribution in [2.24, 2.45) is 0 Å². The molecule has 1 amide bonds. The molecule has 174 valence electrons. The predicted octanol–water partition coefficient (Wildman–Crippen LogP) is 5.26. The van der Waals surface area contributed by atoms with Crippen molar-refractivity contribution in [2.75, 3.05) is 31.1 Å². The van der Waals surface area contributed by atoms with E-state index in [4.69, 9.17) is 4.42 Å². The van der Waals surface area contributed by atoms with Crippen molar-refractivity contribution in [3.63, 3.8) is 0 Å². The first kappa shape index (κ1) is 21.9. The van der Waals surface area contributed by atoms with Crippen LogP contribution < -0.4 is 4.90 Å². The van der Waals surface area contributed by atoms with E-state index in [1.165, 1.54) is 6.07 Å². The zero-order valence-electron chi connectivity index (χ0n) is 18.1. The molecule has 0 N–H and O–H groups in total. The molecule has 9 heteroatoms. The number of furan rings is 1. The summed E-state index contributed by atoms with van der Waals surface area (Å²) < 4.78 is 44.0. The third kappa shape index (κ3) is 4.33. The lowest BCUT2D eigenvalue weighted by atomic mass is 10.1. The molecule has 1 aliphatic rings. The number of hydrogen-bond acceptors (Lipinski definition) is 5. The topological polar surface area (TPSA) is 62.5 Å². The van der Waals surface area contributed by atoms with Crippen molar-refractivity contribution < 1.29 is 22.4 Å². The highest BCUT2D eigenvalue weighted by molar-refractivity contribution is 6.07. The first-order valence-electron chi connectivity index (χ1n) is 10.9. The lowest BCUT2D eigenvalue weighted by Crippen LogP contribution is -2.35. The van der Waals surface area contributed by atoms with Crippen molar-refractivity contribution >= 4 is 22.6 Å². The Morgan fingerprint density at radius 2 is 1.82 bits per heavy atom. The van der Waals surface area contributed by atoms with Crippen LogP contribution in [0.25, 0.3) is 22.4 Å². The average Bonchev–Trinajstić information content (AvgIpc) is 3.27. The van der Waals surface area contributed by atoms with Crippen molar-refractivity contribution in [3.05, 3.63) is 78.2 Å². The first-order chi connectivity index (χ1) is 16.4. The number of alkyl halides is 3. The van der Waals surface area contributed by atoms with Crippen molar-refractivity contribution in [3.8, 4) is 11.5 Å². The second kappa shape index (κ2) is 8.81. The normalized spacial score (nSPS) is 14.9. The summed E-state index contributed by atoms with van der Waals surface area (Å²) in [5.74, 6) is 0.931. The fraction of sp³-hybridized carbons (Fsp3) is 0.240. The Hall–Kier alpha value is -3.88. The number of aromatic nitrogens is 2. The number of pyridine rings is 2. The van der Waals surface area contributed by atoms with Crippen LogP contribution in [0.15, 0.2) is 71.5 Å². The van der Waals surface area contributed by atoms with E-state index in [1.807, 2.05) is 29.2 Å². The Bertz CT molecular complexity index is 1300. The monoisotopic (exact) mass is 466 g/mol. The number of hydrogen-bond donors (Lipinski definition) is 0. The van der Waals surface area contributed by atoms with E-state index in [0.29, 0.717) is 61.0 Å². The molecule has 34 heavy (non-hydrogen) atoms.